The molecule has 7 heteroatoms. The molecule has 0 radical (unpaired) electrons. The van der Waals surface area contributed by atoms with Crippen LogP contribution in [0, 0.1) is 11.7 Å². The number of nitrogens with one attached hydrogen (secondary N) is 1. The van der Waals surface area contributed by atoms with Crippen molar-refractivity contribution in [2.45, 2.75) is 12.8 Å². The number of carbonyl (C=O) groups is 2. The Morgan fingerprint density at radius 3 is 2.86 bits per heavy atom. The number of likely N-dealkylation sites (tertiary alicyclic amines) is 1. The zero-order valence-electron chi connectivity index (χ0n) is 15.1. The Morgan fingerprint density at radius 2 is 2.07 bits per heavy atom. The number of nitrogens with zero attached hydrogens (tertiary/aromatic N) is 3. The molecule has 1 N–H and O–H groups in total. The third-order valence-corrected chi connectivity index (χ3v) is 4.98. The van der Waals surface area contributed by atoms with Crippen LogP contribution in [0.5, 0.6) is 0 Å². The van der Waals surface area contributed by atoms with E-state index in [2.05, 4.69) is 15.2 Å². The third-order valence-electron chi connectivity index (χ3n) is 4.98. The van der Waals surface area contributed by atoms with Crippen LogP contribution in [-0.4, -0.2) is 44.9 Å². The van der Waals surface area contributed by atoms with Gasteiger partial charge in [0.2, 0.25) is 0 Å². The number of ketones is 1. The number of hydrogen-bond acceptors (Lipinski definition) is 4. The minimum Gasteiger partial charge on any atom is -0.338 e. The molecule has 0 saturated carbocycles. The van der Waals surface area contributed by atoms with Gasteiger partial charge in [-0.3, -0.25) is 19.7 Å². The molecule has 1 amide bonds. The van der Waals surface area contributed by atoms with Crippen LogP contribution in [0.4, 0.5) is 4.39 Å². The molecular formula is C21H19FN4O2. The summed E-state index contributed by atoms with van der Waals surface area (Å²) in [6.45, 7) is 0.903. The van der Waals surface area contributed by atoms with Crippen molar-refractivity contribution in [3.8, 4) is 11.3 Å². The van der Waals surface area contributed by atoms with Crippen molar-refractivity contribution < 1.29 is 14.0 Å². The van der Waals surface area contributed by atoms with Crippen LogP contribution in [0.3, 0.4) is 0 Å². The number of carbonyl (C=O) groups excluding carboxylic acids is 2. The number of pyridine rings is 1. The molecule has 3 heterocycles. The highest BCUT2D eigenvalue weighted by molar-refractivity contribution is 6.01. The molecule has 1 aliphatic rings. The fourth-order valence-corrected chi connectivity index (χ4v) is 3.58. The van der Waals surface area contributed by atoms with E-state index in [9.17, 15) is 14.0 Å². The Labute approximate surface area is 161 Å². The van der Waals surface area contributed by atoms with E-state index in [1.54, 1.807) is 41.4 Å². The van der Waals surface area contributed by atoms with Crippen LogP contribution in [0.2, 0.25) is 0 Å². The molecule has 1 aromatic carbocycles. The highest BCUT2D eigenvalue weighted by atomic mass is 19.1. The van der Waals surface area contributed by atoms with E-state index in [-0.39, 0.29) is 23.4 Å². The van der Waals surface area contributed by atoms with Crippen LogP contribution in [-0.2, 0) is 0 Å². The first kappa shape index (κ1) is 18.0. The van der Waals surface area contributed by atoms with Gasteiger partial charge in [-0.1, -0.05) is 18.2 Å². The monoisotopic (exact) mass is 378 g/mol. The maximum atomic E-state index is 13.6. The number of H-pyrrole nitrogens is 1. The summed E-state index contributed by atoms with van der Waals surface area (Å²) < 4.78 is 13.6. The second-order valence-corrected chi connectivity index (χ2v) is 6.84. The largest absolute Gasteiger partial charge is 0.338 e. The molecular weight excluding hydrogens is 359 g/mol. The molecule has 6 nitrogen and oxygen atoms in total. The Morgan fingerprint density at radius 1 is 1.18 bits per heavy atom. The molecule has 1 saturated heterocycles. The van der Waals surface area contributed by atoms with Crippen molar-refractivity contribution in [2.24, 2.45) is 5.92 Å². The van der Waals surface area contributed by atoms with Gasteiger partial charge in [0.1, 0.15) is 11.5 Å². The number of Topliss-reactive ketones (excluding diaryl/α,β-unsaturated/α-hetero) is 1. The number of aromatic amines is 1. The van der Waals surface area contributed by atoms with Crippen LogP contribution in [0.25, 0.3) is 11.3 Å². The number of hydrogen-bond donors (Lipinski definition) is 1. The van der Waals surface area contributed by atoms with Gasteiger partial charge in [-0.25, -0.2) is 4.39 Å². The summed E-state index contributed by atoms with van der Waals surface area (Å²) in [6, 6.07) is 11.2. The van der Waals surface area contributed by atoms with Gasteiger partial charge in [0.05, 0.1) is 17.5 Å². The van der Waals surface area contributed by atoms with Gasteiger partial charge in [-0.15, -0.1) is 0 Å². The molecule has 28 heavy (non-hydrogen) atoms. The first-order valence-electron chi connectivity index (χ1n) is 9.17. The van der Waals surface area contributed by atoms with E-state index in [0.29, 0.717) is 35.6 Å². The number of piperidine rings is 1. The van der Waals surface area contributed by atoms with Crippen LogP contribution in [0.15, 0.2) is 54.9 Å². The summed E-state index contributed by atoms with van der Waals surface area (Å²) in [6.07, 6.45) is 4.51. The third kappa shape index (κ3) is 3.55. The van der Waals surface area contributed by atoms with Crippen LogP contribution >= 0.6 is 0 Å². The predicted molar refractivity (Wildman–Crippen MR) is 101 cm³/mol. The van der Waals surface area contributed by atoms with Gasteiger partial charge in [-0.05, 0) is 37.1 Å². The highest BCUT2D eigenvalue weighted by Crippen LogP contribution is 2.26. The van der Waals surface area contributed by atoms with Gasteiger partial charge in [-0.2, -0.15) is 5.10 Å². The molecule has 0 aliphatic carbocycles. The lowest BCUT2D eigenvalue weighted by Crippen LogP contribution is -2.42. The zero-order chi connectivity index (χ0) is 19.5. The van der Waals surface area contributed by atoms with Crippen molar-refractivity contribution in [1.82, 2.24) is 20.1 Å². The zero-order valence-corrected chi connectivity index (χ0v) is 15.1. The Bertz CT molecular complexity index is 1000. The maximum Gasteiger partial charge on any atom is 0.257 e. The molecule has 3 aromatic rings. The lowest BCUT2D eigenvalue weighted by Gasteiger charge is -2.31. The van der Waals surface area contributed by atoms with E-state index >= 15 is 0 Å². The molecule has 0 bridgehead atoms. The van der Waals surface area contributed by atoms with Crippen LogP contribution < -0.4 is 0 Å². The maximum absolute atomic E-state index is 13.6. The predicted octanol–water partition coefficient (Wildman–Crippen LogP) is 3.35. The molecule has 0 unspecified atom stereocenters. The summed E-state index contributed by atoms with van der Waals surface area (Å²) in [5, 5.41) is 6.76. The number of amides is 1. The molecule has 1 fully saturated rings. The van der Waals surface area contributed by atoms with E-state index < -0.39 is 0 Å². The Kier molecular flexibility index (Phi) is 4.97. The van der Waals surface area contributed by atoms with Gasteiger partial charge in [0.15, 0.2) is 5.78 Å². The molecule has 1 atom stereocenters. The van der Waals surface area contributed by atoms with E-state index in [4.69, 9.17) is 0 Å². The molecule has 0 spiro atoms. The standard InChI is InChI=1S/C21H19FN4O2/c22-16-7-3-5-14(11-16)19-17(12-24-25-19)21(28)26-10-4-6-15(13-26)20(27)18-8-1-2-9-23-18/h1-3,5,7-9,11-12,15H,4,6,10,13H2,(H,24,25)/t15-/m1/s1. The van der Waals surface area contributed by atoms with Gasteiger partial charge in [0, 0.05) is 30.8 Å². The summed E-state index contributed by atoms with van der Waals surface area (Å²) >= 11 is 0. The lowest BCUT2D eigenvalue weighted by molar-refractivity contribution is 0.0636. The summed E-state index contributed by atoms with van der Waals surface area (Å²) in [5.41, 5.74) is 1.82. The highest BCUT2D eigenvalue weighted by Gasteiger charge is 2.31. The van der Waals surface area contributed by atoms with E-state index in [1.807, 2.05) is 0 Å². The first-order valence-corrected chi connectivity index (χ1v) is 9.17. The van der Waals surface area contributed by atoms with Crippen molar-refractivity contribution in [3.63, 3.8) is 0 Å². The smallest absolute Gasteiger partial charge is 0.257 e. The van der Waals surface area contributed by atoms with E-state index in [1.165, 1.54) is 18.3 Å². The minimum absolute atomic E-state index is 0.0457. The number of aromatic nitrogens is 3. The van der Waals surface area contributed by atoms with Gasteiger partial charge < -0.3 is 4.90 Å². The summed E-state index contributed by atoms with van der Waals surface area (Å²) in [5.74, 6) is -0.927. The number of benzene rings is 1. The summed E-state index contributed by atoms with van der Waals surface area (Å²) in [7, 11) is 0. The fourth-order valence-electron chi connectivity index (χ4n) is 3.58. The van der Waals surface area contributed by atoms with Crippen molar-refractivity contribution in [2.75, 3.05) is 13.1 Å². The SMILES string of the molecule is O=C(c1ccccn1)[C@@H]1CCCN(C(=O)c2cn[nH]c2-c2cccc(F)c2)C1. The van der Waals surface area contributed by atoms with E-state index in [0.717, 1.165) is 12.8 Å². The molecule has 142 valence electrons. The van der Waals surface area contributed by atoms with Crippen LogP contribution in [0.1, 0.15) is 33.7 Å². The van der Waals surface area contributed by atoms with Gasteiger partial charge >= 0.3 is 0 Å². The summed E-state index contributed by atoms with van der Waals surface area (Å²) in [4.78, 5) is 31.6. The average molecular weight is 378 g/mol. The molecule has 4 rings (SSSR count). The second-order valence-electron chi connectivity index (χ2n) is 6.84. The average Bonchev–Trinajstić information content (AvgIpc) is 3.23. The Balaban J connectivity index is 1.54. The Hall–Kier alpha value is -3.35. The van der Waals surface area contributed by atoms with Crippen molar-refractivity contribution >= 4 is 11.7 Å². The topological polar surface area (TPSA) is 79.0 Å². The second kappa shape index (κ2) is 7.72. The normalized spacial score (nSPS) is 16.8. The minimum atomic E-state index is -0.385. The molecule has 2 aromatic heterocycles. The quantitative estimate of drug-likeness (QED) is 0.706. The van der Waals surface area contributed by atoms with Gasteiger partial charge in [0.25, 0.3) is 5.91 Å². The number of halogens is 1. The van der Waals surface area contributed by atoms with Crippen molar-refractivity contribution in [1.29, 1.82) is 0 Å². The number of rotatable bonds is 4. The molecule has 1 aliphatic heterocycles. The fraction of sp³-hybridized carbons (Fsp3) is 0.238. The lowest BCUT2D eigenvalue weighted by atomic mass is 9.91. The van der Waals surface area contributed by atoms with Crippen molar-refractivity contribution in [3.05, 3.63) is 71.9 Å². The first-order chi connectivity index (χ1) is 13.6.